The zero-order valence-corrected chi connectivity index (χ0v) is 7.29. The molecule has 0 rings (SSSR count). The Kier molecular flexibility index (Phi) is 4.85. The van der Waals surface area contributed by atoms with Crippen molar-refractivity contribution in [1.82, 2.24) is 0 Å². The Hall–Kier alpha value is -0.610. The van der Waals surface area contributed by atoms with Crippen LogP contribution in [-0.4, -0.2) is 27.1 Å². The number of carboxylic acids is 1. The van der Waals surface area contributed by atoms with E-state index in [1.54, 1.807) is 0 Å². The Balaban J connectivity index is 3.54. The van der Waals surface area contributed by atoms with Gasteiger partial charge in [-0.05, 0) is 6.42 Å². The van der Waals surface area contributed by atoms with Gasteiger partial charge in [-0.3, -0.25) is 0 Å². The van der Waals surface area contributed by atoms with E-state index in [1.165, 1.54) is 0 Å². The Morgan fingerprint density at radius 2 is 1.83 bits per heavy atom. The Morgan fingerprint density at radius 1 is 1.25 bits per heavy atom. The average molecular weight is 176 g/mol. The van der Waals surface area contributed by atoms with E-state index in [9.17, 15) is 4.79 Å². The van der Waals surface area contributed by atoms with Crippen molar-refractivity contribution in [2.75, 3.05) is 0 Å². The summed E-state index contributed by atoms with van der Waals surface area (Å²) in [6.07, 6.45) is 3.31. The first-order valence-electron chi connectivity index (χ1n) is 4.19. The number of hydrogen-bond acceptors (Lipinski definition) is 3. The minimum absolute atomic E-state index is 0.0949. The van der Waals surface area contributed by atoms with Gasteiger partial charge in [0.05, 0.1) is 0 Å². The highest BCUT2D eigenvalue weighted by Crippen LogP contribution is 2.12. The highest BCUT2D eigenvalue weighted by Gasteiger charge is 2.31. The maximum atomic E-state index is 10.2. The van der Waals surface area contributed by atoms with Gasteiger partial charge in [-0.15, -0.1) is 0 Å². The van der Waals surface area contributed by atoms with Gasteiger partial charge >= 0.3 is 5.97 Å². The van der Waals surface area contributed by atoms with Gasteiger partial charge in [0.2, 0.25) is 0 Å². The molecular weight excluding hydrogens is 160 g/mol. The third-order valence-corrected chi connectivity index (χ3v) is 1.72. The molecule has 4 nitrogen and oxygen atoms in total. The molecule has 0 saturated carbocycles. The first-order chi connectivity index (χ1) is 5.50. The van der Waals surface area contributed by atoms with E-state index in [2.05, 4.69) is 0 Å². The van der Waals surface area contributed by atoms with E-state index in [0.717, 1.165) is 19.3 Å². The Bertz CT molecular complexity index is 142. The molecule has 0 amide bonds. The predicted molar refractivity (Wildman–Crippen MR) is 43.6 cm³/mol. The van der Waals surface area contributed by atoms with Gasteiger partial charge in [0.1, 0.15) is 0 Å². The first-order valence-corrected chi connectivity index (χ1v) is 4.19. The van der Waals surface area contributed by atoms with Crippen molar-refractivity contribution in [3.05, 3.63) is 0 Å². The van der Waals surface area contributed by atoms with Gasteiger partial charge in [0.25, 0.3) is 5.79 Å². The standard InChI is InChI=1S/C8H16O4/c1-2-3-4-5-6-8(11,12)7(9)10/h11-12H,2-6H2,1H3,(H,9,10). The number of unbranched alkanes of at least 4 members (excludes halogenated alkanes) is 3. The minimum atomic E-state index is -2.53. The van der Waals surface area contributed by atoms with Crippen LogP contribution in [0.5, 0.6) is 0 Å². The monoisotopic (exact) mass is 176 g/mol. The normalized spacial score (nSPS) is 11.6. The van der Waals surface area contributed by atoms with E-state index < -0.39 is 11.8 Å². The molecule has 0 aromatic rings. The van der Waals surface area contributed by atoms with Crippen LogP contribution in [0.25, 0.3) is 0 Å². The van der Waals surface area contributed by atoms with Crippen LogP contribution in [0.15, 0.2) is 0 Å². The third kappa shape index (κ3) is 4.31. The van der Waals surface area contributed by atoms with Crippen molar-refractivity contribution in [2.24, 2.45) is 0 Å². The van der Waals surface area contributed by atoms with E-state index in [0.29, 0.717) is 6.42 Å². The second-order valence-corrected chi connectivity index (χ2v) is 2.93. The smallest absolute Gasteiger partial charge is 0.364 e. The molecule has 72 valence electrons. The minimum Gasteiger partial charge on any atom is -0.477 e. The van der Waals surface area contributed by atoms with Gasteiger partial charge in [0, 0.05) is 6.42 Å². The second kappa shape index (κ2) is 5.11. The Labute approximate surface area is 71.8 Å². The fourth-order valence-electron chi connectivity index (χ4n) is 0.905. The number of aliphatic carboxylic acids is 1. The van der Waals surface area contributed by atoms with E-state index >= 15 is 0 Å². The molecule has 0 radical (unpaired) electrons. The van der Waals surface area contributed by atoms with Crippen LogP contribution in [0.1, 0.15) is 39.0 Å². The number of carbonyl (C=O) groups is 1. The fourth-order valence-corrected chi connectivity index (χ4v) is 0.905. The largest absolute Gasteiger partial charge is 0.477 e. The first kappa shape index (κ1) is 11.4. The lowest BCUT2D eigenvalue weighted by atomic mass is 10.1. The fraction of sp³-hybridized carbons (Fsp3) is 0.875. The maximum absolute atomic E-state index is 10.2. The number of rotatable bonds is 6. The maximum Gasteiger partial charge on any atom is 0.364 e. The molecule has 0 atom stereocenters. The van der Waals surface area contributed by atoms with Crippen molar-refractivity contribution >= 4 is 5.97 Å². The van der Waals surface area contributed by atoms with Crippen molar-refractivity contribution in [1.29, 1.82) is 0 Å². The lowest BCUT2D eigenvalue weighted by Gasteiger charge is -2.15. The molecule has 0 aliphatic heterocycles. The van der Waals surface area contributed by atoms with Crippen LogP contribution in [0.4, 0.5) is 0 Å². The van der Waals surface area contributed by atoms with Gasteiger partial charge in [-0.1, -0.05) is 26.2 Å². The van der Waals surface area contributed by atoms with Crippen LogP contribution in [0.3, 0.4) is 0 Å². The Morgan fingerprint density at radius 3 is 2.25 bits per heavy atom. The van der Waals surface area contributed by atoms with Crippen molar-refractivity contribution < 1.29 is 20.1 Å². The number of carboxylic acid groups (broad SMARTS) is 1. The third-order valence-electron chi connectivity index (χ3n) is 1.72. The molecule has 0 spiro atoms. The topological polar surface area (TPSA) is 77.8 Å². The lowest BCUT2D eigenvalue weighted by Crippen LogP contribution is -2.37. The summed E-state index contributed by atoms with van der Waals surface area (Å²) < 4.78 is 0. The molecule has 3 N–H and O–H groups in total. The molecular formula is C8H16O4. The molecule has 0 saturated heterocycles. The summed E-state index contributed by atoms with van der Waals surface area (Å²) in [5.41, 5.74) is 0. The van der Waals surface area contributed by atoms with E-state index in [4.69, 9.17) is 15.3 Å². The van der Waals surface area contributed by atoms with Crippen molar-refractivity contribution in [2.45, 2.75) is 44.8 Å². The second-order valence-electron chi connectivity index (χ2n) is 2.93. The molecule has 0 aliphatic rings. The quantitative estimate of drug-likeness (QED) is 0.411. The molecule has 0 bridgehead atoms. The summed E-state index contributed by atoms with van der Waals surface area (Å²) in [7, 11) is 0. The summed E-state index contributed by atoms with van der Waals surface area (Å²) in [6, 6.07) is 0. The number of aliphatic hydroxyl groups is 2. The van der Waals surface area contributed by atoms with Crippen LogP contribution < -0.4 is 0 Å². The van der Waals surface area contributed by atoms with Crippen LogP contribution in [0, 0.1) is 0 Å². The summed E-state index contributed by atoms with van der Waals surface area (Å²) in [5, 5.41) is 26.0. The predicted octanol–water partition coefficient (Wildman–Crippen LogP) is 0.722. The lowest BCUT2D eigenvalue weighted by molar-refractivity contribution is -0.205. The van der Waals surface area contributed by atoms with E-state index in [1.807, 2.05) is 6.92 Å². The van der Waals surface area contributed by atoms with Crippen LogP contribution in [0.2, 0.25) is 0 Å². The van der Waals surface area contributed by atoms with Gasteiger partial charge in [-0.25, -0.2) is 4.79 Å². The van der Waals surface area contributed by atoms with Gasteiger partial charge in [0.15, 0.2) is 0 Å². The van der Waals surface area contributed by atoms with Crippen molar-refractivity contribution in [3.63, 3.8) is 0 Å². The molecule has 12 heavy (non-hydrogen) atoms. The number of hydrogen-bond donors (Lipinski definition) is 3. The zero-order valence-electron chi connectivity index (χ0n) is 7.29. The van der Waals surface area contributed by atoms with Crippen LogP contribution >= 0.6 is 0 Å². The molecule has 0 aromatic carbocycles. The molecule has 0 unspecified atom stereocenters. The molecule has 0 aromatic heterocycles. The highest BCUT2D eigenvalue weighted by atomic mass is 16.5. The van der Waals surface area contributed by atoms with Gasteiger partial charge in [-0.2, -0.15) is 0 Å². The van der Waals surface area contributed by atoms with Crippen LogP contribution in [-0.2, 0) is 4.79 Å². The van der Waals surface area contributed by atoms with Crippen molar-refractivity contribution in [3.8, 4) is 0 Å². The summed E-state index contributed by atoms with van der Waals surface area (Å²) in [4.78, 5) is 10.2. The van der Waals surface area contributed by atoms with Gasteiger partial charge < -0.3 is 15.3 Å². The highest BCUT2D eigenvalue weighted by molar-refractivity contribution is 5.74. The average Bonchev–Trinajstić information content (AvgIpc) is 1.98. The SMILES string of the molecule is CCCCCCC(O)(O)C(=O)O. The molecule has 0 fully saturated rings. The summed E-state index contributed by atoms with van der Waals surface area (Å²) in [6.45, 7) is 2.03. The molecule has 0 aliphatic carbocycles. The summed E-state index contributed by atoms with van der Waals surface area (Å²) >= 11 is 0. The molecule has 4 heteroatoms. The summed E-state index contributed by atoms with van der Waals surface area (Å²) in [5.74, 6) is -4.10. The zero-order chi connectivity index (χ0) is 9.61. The molecule has 0 heterocycles. The van der Waals surface area contributed by atoms with E-state index in [-0.39, 0.29) is 6.42 Å².